The smallest absolute Gasteiger partial charge is 0.373 e. The fraction of sp³-hybridized carbons (Fsp3) is 0.158. The van der Waals surface area contributed by atoms with Gasteiger partial charge >= 0.3 is 5.97 Å². The van der Waals surface area contributed by atoms with Crippen LogP contribution in [-0.2, 0) is 10.5 Å². The summed E-state index contributed by atoms with van der Waals surface area (Å²) in [6.07, 6.45) is 0. The van der Waals surface area contributed by atoms with E-state index in [-0.39, 0.29) is 5.76 Å². The third kappa shape index (κ3) is 3.56. The van der Waals surface area contributed by atoms with Crippen molar-refractivity contribution in [3.8, 4) is 17.0 Å². The van der Waals surface area contributed by atoms with Crippen molar-refractivity contribution in [1.82, 2.24) is 19.8 Å². The van der Waals surface area contributed by atoms with E-state index in [1.54, 1.807) is 23.8 Å². The predicted molar refractivity (Wildman–Crippen MR) is 102 cm³/mol. The van der Waals surface area contributed by atoms with E-state index in [1.807, 2.05) is 36.4 Å². The minimum Gasteiger partial charge on any atom is -0.497 e. The Labute approximate surface area is 164 Å². The lowest BCUT2D eigenvalue weighted by Gasteiger charge is -2.04. The third-order valence-electron chi connectivity index (χ3n) is 4.01. The quantitative estimate of drug-likeness (QED) is 0.361. The fourth-order valence-electron chi connectivity index (χ4n) is 2.58. The molecule has 0 aliphatic rings. The molecule has 0 aliphatic carbocycles. The Kier molecular flexibility index (Phi) is 4.98. The Bertz CT molecular complexity index is 1120. The maximum Gasteiger partial charge on any atom is 0.373 e. The van der Waals surface area contributed by atoms with E-state index in [1.165, 1.54) is 18.9 Å². The van der Waals surface area contributed by atoms with Crippen molar-refractivity contribution in [2.75, 3.05) is 14.2 Å². The molecule has 0 unspecified atom stereocenters. The highest BCUT2D eigenvalue weighted by Crippen LogP contribution is 2.25. The molecule has 0 N–H and O–H groups in total. The number of aromatic nitrogens is 4. The van der Waals surface area contributed by atoms with Gasteiger partial charge in [0, 0.05) is 5.56 Å². The number of benzene rings is 1. The molecule has 9 heteroatoms. The summed E-state index contributed by atoms with van der Waals surface area (Å²) < 4.78 is 17.0. The summed E-state index contributed by atoms with van der Waals surface area (Å²) in [4.78, 5) is 11.5. The van der Waals surface area contributed by atoms with Gasteiger partial charge in [0.1, 0.15) is 11.5 Å². The van der Waals surface area contributed by atoms with E-state index < -0.39 is 5.97 Å². The number of nitrogens with zero attached hydrogens (tertiary/aromatic N) is 4. The molecule has 142 valence electrons. The van der Waals surface area contributed by atoms with Crippen LogP contribution in [0.4, 0.5) is 0 Å². The van der Waals surface area contributed by atoms with Gasteiger partial charge in [-0.2, -0.15) is 9.61 Å². The number of ether oxygens (including phenoxy) is 2. The Balaban J connectivity index is 1.55. The molecule has 0 spiro atoms. The SMILES string of the molecule is COC(=O)c1ccc(CSc2nnc3ccc(-c4ccc(OC)cc4)nn23)o1. The van der Waals surface area contributed by atoms with E-state index in [2.05, 4.69) is 20.0 Å². The number of rotatable bonds is 6. The van der Waals surface area contributed by atoms with Crippen molar-refractivity contribution in [2.45, 2.75) is 10.9 Å². The van der Waals surface area contributed by atoms with Crippen LogP contribution in [0.15, 0.2) is 58.1 Å². The topological polar surface area (TPSA) is 91.8 Å². The molecule has 28 heavy (non-hydrogen) atoms. The first-order valence-corrected chi connectivity index (χ1v) is 9.33. The summed E-state index contributed by atoms with van der Waals surface area (Å²) in [5.41, 5.74) is 2.40. The summed E-state index contributed by atoms with van der Waals surface area (Å²) >= 11 is 1.41. The van der Waals surface area contributed by atoms with Gasteiger partial charge in [-0.05, 0) is 48.5 Å². The number of hydrogen-bond acceptors (Lipinski definition) is 8. The van der Waals surface area contributed by atoms with Gasteiger partial charge in [0.05, 0.1) is 25.7 Å². The van der Waals surface area contributed by atoms with Gasteiger partial charge < -0.3 is 13.9 Å². The monoisotopic (exact) mass is 396 g/mol. The van der Waals surface area contributed by atoms with Crippen molar-refractivity contribution in [3.63, 3.8) is 0 Å². The standard InChI is InChI=1S/C19H16N4O4S/c1-25-13-5-3-12(4-6-13)15-8-10-17-20-21-19(23(17)22-15)28-11-14-7-9-16(27-14)18(24)26-2/h3-10H,11H2,1-2H3. The van der Waals surface area contributed by atoms with Gasteiger partial charge in [-0.1, -0.05) is 11.8 Å². The van der Waals surface area contributed by atoms with Crippen LogP contribution in [0.2, 0.25) is 0 Å². The lowest BCUT2D eigenvalue weighted by Crippen LogP contribution is -1.98. The second-order valence-electron chi connectivity index (χ2n) is 5.75. The van der Waals surface area contributed by atoms with Crippen LogP contribution in [0.1, 0.15) is 16.3 Å². The second-order valence-corrected chi connectivity index (χ2v) is 6.69. The molecule has 8 nitrogen and oxygen atoms in total. The molecule has 0 saturated carbocycles. The van der Waals surface area contributed by atoms with Crippen molar-refractivity contribution < 1.29 is 18.7 Å². The zero-order valence-electron chi connectivity index (χ0n) is 15.2. The highest BCUT2D eigenvalue weighted by atomic mass is 32.2. The Morgan fingerprint density at radius 3 is 2.64 bits per heavy atom. The van der Waals surface area contributed by atoms with E-state index >= 15 is 0 Å². The van der Waals surface area contributed by atoms with Crippen LogP contribution in [-0.4, -0.2) is 40.0 Å². The molecule has 0 aliphatic heterocycles. The highest BCUT2D eigenvalue weighted by molar-refractivity contribution is 7.98. The minimum absolute atomic E-state index is 0.170. The molecule has 0 amide bonds. The van der Waals surface area contributed by atoms with Crippen LogP contribution in [0.25, 0.3) is 16.9 Å². The molecule has 0 saturated heterocycles. The Morgan fingerprint density at radius 2 is 1.89 bits per heavy atom. The molecular weight excluding hydrogens is 380 g/mol. The number of esters is 1. The predicted octanol–water partition coefficient (Wildman–Crippen LogP) is 3.47. The van der Waals surface area contributed by atoms with Crippen molar-refractivity contribution in [2.24, 2.45) is 0 Å². The van der Waals surface area contributed by atoms with Crippen LogP contribution in [0, 0.1) is 0 Å². The fourth-order valence-corrected chi connectivity index (χ4v) is 3.36. The summed E-state index contributed by atoms with van der Waals surface area (Å²) in [6, 6.07) is 14.8. The average Bonchev–Trinajstić information content (AvgIpc) is 3.38. The first-order chi connectivity index (χ1) is 13.7. The van der Waals surface area contributed by atoms with Crippen LogP contribution < -0.4 is 4.74 Å². The number of fused-ring (bicyclic) bond motifs is 1. The summed E-state index contributed by atoms with van der Waals surface area (Å²) in [5.74, 6) is 1.56. The number of methoxy groups -OCH3 is 2. The zero-order chi connectivity index (χ0) is 19.5. The maximum atomic E-state index is 11.5. The molecular formula is C19H16N4O4S. The van der Waals surface area contributed by atoms with Gasteiger partial charge in [0.15, 0.2) is 5.65 Å². The highest BCUT2D eigenvalue weighted by Gasteiger charge is 2.14. The summed E-state index contributed by atoms with van der Waals surface area (Å²) in [5, 5.41) is 13.6. The normalized spacial score (nSPS) is 10.9. The molecule has 0 atom stereocenters. The lowest BCUT2D eigenvalue weighted by molar-refractivity contribution is 0.0563. The largest absolute Gasteiger partial charge is 0.497 e. The molecule has 4 aromatic rings. The van der Waals surface area contributed by atoms with Gasteiger partial charge in [-0.3, -0.25) is 0 Å². The van der Waals surface area contributed by atoms with Crippen molar-refractivity contribution >= 4 is 23.4 Å². The van der Waals surface area contributed by atoms with Gasteiger partial charge in [0.25, 0.3) is 0 Å². The van der Waals surface area contributed by atoms with E-state index in [4.69, 9.17) is 9.15 Å². The third-order valence-corrected chi connectivity index (χ3v) is 4.95. The number of furan rings is 1. The van der Waals surface area contributed by atoms with Gasteiger partial charge in [-0.15, -0.1) is 10.2 Å². The minimum atomic E-state index is -0.505. The number of hydrogen-bond donors (Lipinski definition) is 0. The summed E-state index contributed by atoms with van der Waals surface area (Å²) in [6.45, 7) is 0. The maximum absolute atomic E-state index is 11.5. The van der Waals surface area contributed by atoms with Gasteiger partial charge in [0.2, 0.25) is 10.9 Å². The molecule has 3 aromatic heterocycles. The molecule has 3 heterocycles. The summed E-state index contributed by atoms with van der Waals surface area (Å²) in [7, 11) is 2.95. The van der Waals surface area contributed by atoms with Crippen molar-refractivity contribution in [3.05, 3.63) is 60.1 Å². The first kappa shape index (κ1) is 18.1. The molecule has 0 fully saturated rings. The van der Waals surface area contributed by atoms with E-state index in [9.17, 15) is 4.79 Å². The Morgan fingerprint density at radius 1 is 1.07 bits per heavy atom. The number of carbonyl (C=O) groups excluding carboxylic acids is 1. The zero-order valence-corrected chi connectivity index (χ0v) is 16.0. The Hall–Kier alpha value is -3.33. The average molecular weight is 396 g/mol. The molecule has 0 radical (unpaired) electrons. The second kappa shape index (κ2) is 7.73. The van der Waals surface area contributed by atoms with E-state index in [0.29, 0.717) is 22.3 Å². The number of thioether (sulfide) groups is 1. The molecule has 4 rings (SSSR count). The molecule has 1 aromatic carbocycles. The van der Waals surface area contributed by atoms with Crippen molar-refractivity contribution in [1.29, 1.82) is 0 Å². The van der Waals surface area contributed by atoms with Crippen LogP contribution in [0.5, 0.6) is 5.75 Å². The van der Waals surface area contributed by atoms with Gasteiger partial charge in [-0.25, -0.2) is 4.79 Å². The van der Waals surface area contributed by atoms with Crippen LogP contribution in [0.3, 0.4) is 0 Å². The lowest BCUT2D eigenvalue weighted by atomic mass is 10.1. The molecule has 0 bridgehead atoms. The number of carbonyl (C=O) groups is 1. The van der Waals surface area contributed by atoms with Crippen LogP contribution >= 0.6 is 11.8 Å². The van der Waals surface area contributed by atoms with E-state index in [0.717, 1.165) is 17.0 Å². The first-order valence-electron chi connectivity index (χ1n) is 8.34.